The van der Waals surface area contributed by atoms with Crippen molar-refractivity contribution in [1.29, 1.82) is 5.26 Å². The second-order valence-electron chi connectivity index (χ2n) is 2.17. The third kappa shape index (κ3) is 0.457. The molecule has 1 heterocycles. The Labute approximate surface area is 38.6 Å². The van der Waals surface area contributed by atoms with Crippen molar-refractivity contribution in [2.75, 3.05) is 0 Å². The van der Waals surface area contributed by atoms with E-state index in [0.29, 0.717) is 0 Å². The smallest absolute Gasteiger partial charge is 0.170 e. The van der Waals surface area contributed by atoms with Crippen LogP contribution in [0.15, 0.2) is 0 Å². The van der Waals surface area contributed by atoms with Crippen molar-refractivity contribution in [3.8, 4) is 5.69 Å². The largest absolute Gasteiger partial charge is 0.207 e. The fourth-order valence-electron chi connectivity index (χ4n) is 0.299. The van der Waals surface area contributed by atoms with E-state index >= 15 is 0 Å². The molecule has 1 rings (SSSR count). The summed E-state index contributed by atoms with van der Waals surface area (Å²) in [7, 11) is -1.08. The van der Waals surface area contributed by atoms with Gasteiger partial charge in [0.05, 0.1) is 0 Å². The highest BCUT2D eigenvalue weighted by atomic mass is 28.3. The number of nitriles is 1. The van der Waals surface area contributed by atoms with Crippen LogP contribution in [0.2, 0.25) is 18.6 Å². The third-order valence-corrected chi connectivity index (χ3v) is 3.81. The minimum atomic E-state index is -1.08. The van der Waals surface area contributed by atoms with E-state index in [1.54, 1.807) is 0 Å². The molecule has 0 amide bonds. The molecule has 32 valence electrons. The SMILES string of the molecule is C[Si]1(C#N)CC1. The molecule has 2 heteroatoms. The number of rotatable bonds is 0. The van der Waals surface area contributed by atoms with Gasteiger partial charge in [-0.15, -0.1) is 0 Å². The lowest BCUT2D eigenvalue weighted by atomic mass is 11.0. The average Bonchev–Trinajstić information content (AvgIpc) is 2.22. The first-order valence-electron chi connectivity index (χ1n) is 2.18. The molecule has 0 unspecified atom stereocenters. The van der Waals surface area contributed by atoms with Crippen molar-refractivity contribution in [2.24, 2.45) is 0 Å². The van der Waals surface area contributed by atoms with E-state index in [4.69, 9.17) is 5.26 Å². The number of hydrogen-bond donors (Lipinski definition) is 0. The third-order valence-electron chi connectivity index (χ3n) is 1.27. The quantitative estimate of drug-likeness (QED) is 0.416. The normalized spacial score (nSPS) is 25.3. The molecular weight excluding hydrogens is 90.1 g/mol. The molecule has 6 heavy (non-hydrogen) atoms. The van der Waals surface area contributed by atoms with E-state index < -0.39 is 8.07 Å². The van der Waals surface area contributed by atoms with Gasteiger partial charge in [0, 0.05) is 5.69 Å². The van der Waals surface area contributed by atoms with Gasteiger partial charge in [-0.1, -0.05) is 6.55 Å². The van der Waals surface area contributed by atoms with Crippen LogP contribution >= 0.6 is 0 Å². The lowest BCUT2D eigenvalue weighted by molar-refractivity contribution is 1.55. The zero-order chi connectivity index (χ0) is 4.62. The first-order valence-corrected chi connectivity index (χ1v) is 5.09. The van der Waals surface area contributed by atoms with Crippen molar-refractivity contribution < 1.29 is 0 Å². The molecule has 0 aromatic rings. The zero-order valence-corrected chi connectivity index (χ0v) is 4.86. The first kappa shape index (κ1) is 3.88. The fraction of sp³-hybridized carbons (Fsp3) is 0.750. The van der Waals surface area contributed by atoms with Gasteiger partial charge in [0.1, 0.15) is 0 Å². The predicted molar refractivity (Wildman–Crippen MR) is 26.8 cm³/mol. The summed E-state index contributed by atoms with van der Waals surface area (Å²) in [4.78, 5) is 0. The Morgan fingerprint density at radius 2 is 2.17 bits per heavy atom. The fourth-order valence-corrected chi connectivity index (χ4v) is 2.02. The van der Waals surface area contributed by atoms with Crippen LogP contribution in [0, 0.1) is 11.0 Å². The standard InChI is InChI=1S/C4H7NSi/c1-6(4-5)2-3-6/h2-3H2,1H3. The van der Waals surface area contributed by atoms with Gasteiger partial charge >= 0.3 is 0 Å². The topological polar surface area (TPSA) is 23.8 Å². The van der Waals surface area contributed by atoms with Crippen LogP contribution in [0.5, 0.6) is 0 Å². The molecule has 0 N–H and O–H groups in total. The van der Waals surface area contributed by atoms with Gasteiger partial charge in [-0.3, -0.25) is 0 Å². The molecule has 1 aliphatic heterocycles. The van der Waals surface area contributed by atoms with Crippen LogP contribution in [0.1, 0.15) is 0 Å². The summed E-state index contributed by atoms with van der Waals surface area (Å²) in [6, 6.07) is 2.51. The maximum absolute atomic E-state index is 8.28. The zero-order valence-electron chi connectivity index (χ0n) is 3.86. The van der Waals surface area contributed by atoms with Gasteiger partial charge in [0.25, 0.3) is 0 Å². The van der Waals surface area contributed by atoms with Crippen molar-refractivity contribution >= 4 is 8.07 Å². The second kappa shape index (κ2) is 0.853. The number of hydrogen-bond acceptors (Lipinski definition) is 1. The Kier molecular flexibility index (Phi) is 0.552. The maximum Gasteiger partial charge on any atom is 0.170 e. The van der Waals surface area contributed by atoms with E-state index in [0.717, 1.165) is 0 Å². The summed E-state index contributed by atoms with van der Waals surface area (Å²) < 4.78 is 0. The van der Waals surface area contributed by atoms with Crippen LogP contribution in [-0.2, 0) is 0 Å². The Morgan fingerprint density at radius 1 is 1.67 bits per heavy atom. The molecule has 0 saturated carbocycles. The summed E-state index contributed by atoms with van der Waals surface area (Å²) in [6.45, 7) is 2.13. The molecule has 0 aliphatic carbocycles. The minimum absolute atomic E-state index is 1.08. The van der Waals surface area contributed by atoms with Crippen LogP contribution in [0.3, 0.4) is 0 Å². The average molecular weight is 97.2 g/mol. The highest BCUT2D eigenvalue weighted by molar-refractivity contribution is 6.94. The van der Waals surface area contributed by atoms with E-state index in [-0.39, 0.29) is 0 Å². The van der Waals surface area contributed by atoms with E-state index in [9.17, 15) is 0 Å². The van der Waals surface area contributed by atoms with Crippen molar-refractivity contribution in [3.05, 3.63) is 0 Å². The molecular formula is C4H7NSi. The molecule has 1 nitrogen and oxygen atoms in total. The summed E-state index contributed by atoms with van der Waals surface area (Å²) >= 11 is 0. The second-order valence-corrected chi connectivity index (χ2v) is 6.52. The lowest BCUT2D eigenvalue weighted by Gasteiger charge is -1.77. The maximum atomic E-state index is 8.28. The molecule has 0 aromatic carbocycles. The Balaban J connectivity index is 2.54. The molecule has 0 spiro atoms. The molecule has 0 aromatic heterocycles. The Hall–Kier alpha value is -0.293. The first-order chi connectivity index (χ1) is 2.77. The van der Waals surface area contributed by atoms with E-state index in [1.165, 1.54) is 12.1 Å². The summed E-state index contributed by atoms with van der Waals surface area (Å²) in [6.07, 6.45) is 0. The van der Waals surface area contributed by atoms with Gasteiger partial charge in [-0.25, -0.2) is 5.26 Å². The summed E-state index contributed by atoms with van der Waals surface area (Å²) in [5.41, 5.74) is 2.35. The van der Waals surface area contributed by atoms with Gasteiger partial charge in [-0.05, 0) is 12.1 Å². The van der Waals surface area contributed by atoms with Gasteiger partial charge in [0.15, 0.2) is 8.07 Å². The lowest BCUT2D eigenvalue weighted by Crippen LogP contribution is -2.00. The van der Waals surface area contributed by atoms with Crippen LogP contribution in [-0.4, -0.2) is 8.07 Å². The van der Waals surface area contributed by atoms with Crippen molar-refractivity contribution in [1.82, 2.24) is 0 Å². The summed E-state index contributed by atoms with van der Waals surface area (Å²) in [5, 5.41) is 8.28. The number of nitrogens with zero attached hydrogens (tertiary/aromatic N) is 1. The molecule has 0 radical (unpaired) electrons. The highest BCUT2D eigenvalue weighted by Gasteiger charge is 2.40. The monoisotopic (exact) mass is 97.0 g/mol. The van der Waals surface area contributed by atoms with Gasteiger partial charge in [0.2, 0.25) is 0 Å². The van der Waals surface area contributed by atoms with Gasteiger partial charge in [-0.2, -0.15) is 0 Å². The van der Waals surface area contributed by atoms with E-state index in [2.05, 4.69) is 12.2 Å². The van der Waals surface area contributed by atoms with Crippen LogP contribution in [0.25, 0.3) is 0 Å². The van der Waals surface area contributed by atoms with Gasteiger partial charge < -0.3 is 0 Å². The highest BCUT2D eigenvalue weighted by Crippen LogP contribution is 2.34. The molecule has 1 fully saturated rings. The molecule has 1 saturated heterocycles. The Morgan fingerprint density at radius 3 is 2.17 bits per heavy atom. The minimum Gasteiger partial charge on any atom is -0.207 e. The molecule has 0 atom stereocenters. The molecule has 0 bridgehead atoms. The predicted octanol–water partition coefficient (Wildman–Crippen LogP) is 1.14. The van der Waals surface area contributed by atoms with Crippen molar-refractivity contribution in [2.45, 2.75) is 18.6 Å². The Bertz CT molecular complexity index is 98.6. The van der Waals surface area contributed by atoms with Crippen LogP contribution < -0.4 is 0 Å². The van der Waals surface area contributed by atoms with Crippen LogP contribution in [0.4, 0.5) is 0 Å². The summed E-state index contributed by atoms with van der Waals surface area (Å²) in [5.74, 6) is 0. The molecule has 1 aliphatic rings. The van der Waals surface area contributed by atoms with E-state index in [1.807, 2.05) is 0 Å². The van der Waals surface area contributed by atoms with Crippen molar-refractivity contribution in [3.63, 3.8) is 0 Å².